The monoisotopic (exact) mass is 279 g/mol. The Morgan fingerprint density at radius 2 is 1.79 bits per heavy atom. The Kier molecular flexibility index (Phi) is 5.29. The molecule has 1 aromatic rings. The molecular formula is C17H26ClN. The minimum Gasteiger partial charge on any atom is -0.313 e. The molecular weight excluding hydrogens is 254 g/mol. The molecule has 1 saturated carbocycles. The van der Waals surface area contributed by atoms with E-state index in [9.17, 15) is 0 Å². The zero-order chi connectivity index (χ0) is 13.8. The Morgan fingerprint density at radius 3 is 2.42 bits per heavy atom. The van der Waals surface area contributed by atoms with Crippen LogP contribution >= 0.6 is 11.6 Å². The van der Waals surface area contributed by atoms with Crippen LogP contribution in [0.3, 0.4) is 0 Å². The fourth-order valence-corrected chi connectivity index (χ4v) is 3.58. The number of aryl methyl sites for hydroxylation is 2. The van der Waals surface area contributed by atoms with Gasteiger partial charge < -0.3 is 5.32 Å². The predicted octanol–water partition coefficient (Wildman–Crippen LogP) is 5.19. The summed E-state index contributed by atoms with van der Waals surface area (Å²) in [5, 5.41) is 4.38. The van der Waals surface area contributed by atoms with Gasteiger partial charge in [-0.3, -0.25) is 0 Å². The number of halogens is 1. The van der Waals surface area contributed by atoms with Crippen LogP contribution in [-0.4, -0.2) is 7.05 Å². The summed E-state index contributed by atoms with van der Waals surface area (Å²) in [6, 6.07) is 4.77. The highest BCUT2D eigenvalue weighted by Gasteiger charge is 2.21. The van der Waals surface area contributed by atoms with Gasteiger partial charge in [-0.2, -0.15) is 0 Å². The van der Waals surface area contributed by atoms with E-state index in [1.165, 1.54) is 55.2 Å². The van der Waals surface area contributed by atoms with Crippen molar-refractivity contribution in [2.75, 3.05) is 7.05 Å². The minimum atomic E-state index is 0.398. The topological polar surface area (TPSA) is 12.0 Å². The van der Waals surface area contributed by atoms with Crippen LogP contribution in [-0.2, 0) is 0 Å². The number of hydrogen-bond acceptors (Lipinski definition) is 1. The van der Waals surface area contributed by atoms with Gasteiger partial charge in [0.05, 0.1) is 0 Å². The largest absolute Gasteiger partial charge is 0.313 e. The second kappa shape index (κ2) is 6.76. The average molecular weight is 280 g/mol. The molecule has 1 aliphatic rings. The molecule has 1 aliphatic carbocycles. The van der Waals surface area contributed by atoms with Crippen molar-refractivity contribution in [1.82, 2.24) is 5.32 Å². The van der Waals surface area contributed by atoms with Gasteiger partial charge >= 0.3 is 0 Å². The highest BCUT2D eigenvalue weighted by Crippen LogP contribution is 2.35. The van der Waals surface area contributed by atoms with Crippen LogP contribution in [0.5, 0.6) is 0 Å². The molecule has 1 fully saturated rings. The first-order valence-electron chi connectivity index (χ1n) is 7.55. The first-order chi connectivity index (χ1) is 9.11. The summed E-state index contributed by atoms with van der Waals surface area (Å²) in [5.41, 5.74) is 3.89. The fraction of sp³-hybridized carbons (Fsp3) is 0.647. The summed E-state index contributed by atoms with van der Waals surface area (Å²) in [6.45, 7) is 4.29. The Balaban J connectivity index is 2.14. The number of benzene rings is 1. The van der Waals surface area contributed by atoms with Crippen molar-refractivity contribution in [3.63, 3.8) is 0 Å². The lowest BCUT2D eigenvalue weighted by Gasteiger charge is -2.27. The van der Waals surface area contributed by atoms with E-state index in [4.69, 9.17) is 11.6 Å². The van der Waals surface area contributed by atoms with Crippen LogP contribution in [0.2, 0.25) is 5.02 Å². The molecule has 19 heavy (non-hydrogen) atoms. The van der Waals surface area contributed by atoms with Crippen LogP contribution in [0.1, 0.15) is 61.3 Å². The molecule has 0 aromatic heterocycles. The minimum absolute atomic E-state index is 0.398. The maximum Gasteiger partial charge on any atom is 0.0456 e. The van der Waals surface area contributed by atoms with Gasteiger partial charge in [0.1, 0.15) is 0 Å². The van der Waals surface area contributed by atoms with E-state index in [2.05, 4.69) is 38.3 Å². The molecule has 0 amide bonds. The van der Waals surface area contributed by atoms with Crippen molar-refractivity contribution in [2.45, 2.75) is 58.4 Å². The second-order valence-corrected chi connectivity index (χ2v) is 6.45. The van der Waals surface area contributed by atoms with Gasteiger partial charge in [-0.25, -0.2) is 0 Å². The predicted molar refractivity (Wildman–Crippen MR) is 83.9 cm³/mol. The van der Waals surface area contributed by atoms with Crippen molar-refractivity contribution in [2.24, 2.45) is 5.92 Å². The zero-order valence-corrected chi connectivity index (χ0v) is 13.2. The first-order valence-corrected chi connectivity index (χ1v) is 7.93. The van der Waals surface area contributed by atoms with Crippen LogP contribution in [0, 0.1) is 19.8 Å². The normalized spacial score (nSPS) is 18.5. The fourth-order valence-electron chi connectivity index (χ4n) is 3.23. The first kappa shape index (κ1) is 14.9. The molecule has 1 aromatic carbocycles. The van der Waals surface area contributed by atoms with E-state index in [1.54, 1.807) is 0 Å². The lowest BCUT2D eigenvalue weighted by Crippen LogP contribution is -2.21. The van der Waals surface area contributed by atoms with Gasteiger partial charge in [-0.15, -0.1) is 0 Å². The quantitative estimate of drug-likeness (QED) is 0.800. The SMILES string of the molecule is CNC(CC1CCCCC1)c1cc(C)c(C)cc1Cl. The van der Waals surface area contributed by atoms with Crippen molar-refractivity contribution >= 4 is 11.6 Å². The average Bonchev–Trinajstić information content (AvgIpc) is 2.42. The number of rotatable bonds is 4. The molecule has 1 nitrogen and oxygen atoms in total. The molecule has 1 atom stereocenters. The van der Waals surface area contributed by atoms with Gasteiger partial charge in [0, 0.05) is 11.1 Å². The van der Waals surface area contributed by atoms with Gasteiger partial charge in [0.15, 0.2) is 0 Å². The van der Waals surface area contributed by atoms with Gasteiger partial charge in [0.2, 0.25) is 0 Å². The second-order valence-electron chi connectivity index (χ2n) is 6.04. The smallest absolute Gasteiger partial charge is 0.0456 e. The van der Waals surface area contributed by atoms with E-state index >= 15 is 0 Å². The van der Waals surface area contributed by atoms with Crippen LogP contribution < -0.4 is 5.32 Å². The van der Waals surface area contributed by atoms with Crippen molar-refractivity contribution in [1.29, 1.82) is 0 Å². The van der Waals surface area contributed by atoms with E-state index in [-0.39, 0.29) is 0 Å². The Morgan fingerprint density at radius 1 is 1.16 bits per heavy atom. The molecule has 0 bridgehead atoms. The lowest BCUT2D eigenvalue weighted by molar-refractivity contribution is 0.306. The molecule has 2 heteroatoms. The van der Waals surface area contributed by atoms with E-state index in [0.29, 0.717) is 6.04 Å². The number of nitrogens with one attached hydrogen (secondary N) is 1. The molecule has 2 rings (SSSR count). The summed E-state index contributed by atoms with van der Waals surface area (Å²) >= 11 is 6.45. The highest BCUT2D eigenvalue weighted by molar-refractivity contribution is 6.31. The molecule has 0 saturated heterocycles. The van der Waals surface area contributed by atoms with Crippen LogP contribution in [0.15, 0.2) is 12.1 Å². The maximum absolute atomic E-state index is 6.45. The van der Waals surface area contributed by atoms with Gasteiger partial charge in [-0.05, 0) is 56.0 Å². The molecule has 0 aliphatic heterocycles. The zero-order valence-electron chi connectivity index (χ0n) is 12.4. The Hall–Kier alpha value is -0.530. The van der Waals surface area contributed by atoms with Crippen molar-refractivity contribution in [3.05, 3.63) is 33.8 Å². The van der Waals surface area contributed by atoms with Crippen LogP contribution in [0.4, 0.5) is 0 Å². The molecule has 1 N–H and O–H groups in total. The molecule has 0 spiro atoms. The molecule has 1 unspecified atom stereocenters. The standard InChI is InChI=1S/C17H26ClN/c1-12-9-15(16(18)10-13(12)2)17(19-3)11-14-7-5-4-6-8-14/h9-10,14,17,19H,4-8,11H2,1-3H3. The third kappa shape index (κ3) is 3.73. The van der Waals surface area contributed by atoms with Gasteiger partial charge in [0.25, 0.3) is 0 Å². The molecule has 0 heterocycles. The summed E-state index contributed by atoms with van der Waals surface area (Å²) in [4.78, 5) is 0. The Bertz CT molecular complexity index is 422. The number of hydrogen-bond donors (Lipinski definition) is 1. The van der Waals surface area contributed by atoms with Crippen LogP contribution in [0.25, 0.3) is 0 Å². The van der Waals surface area contributed by atoms with E-state index in [1.807, 2.05) is 0 Å². The van der Waals surface area contributed by atoms with Crippen molar-refractivity contribution in [3.8, 4) is 0 Å². The maximum atomic E-state index is 6.45. The van der Waals surface area contributed by atoms with Crippen molar-refractivity contribution < 1.29 is 0 Å². The summed E-state index contributed by atoms with van der Waals surface area (Å²) in [6.07, 6.45) is 8.23. The van der Waals surface area contributed by atoms with E-state index in [0.717, 1.165) is 10.9 Å². The summed E-state index contributed by atoms with van der Waals surface area (Å²) in [5.74, 6) is 0.865. The highest BCUT2D eigenvalue weighted by atomic mass is 35.5. The third-order valence-corrected chi connectivity index (χ3v) is 4.96. The summed E-state index contributed by atoms with van der Waals surface area (Å²) < 4.78 is 0. The van der Waals surface area contributed by atoms with E-state index < -0.39 is 0 Å². The summed E-state index contributed by atoms with van der Waals surface area (Å²) in [7, 11) is 2.05. The third-order valence-electron chi connectivity index (χ3n) is 4.63. The lowest BCUT2D eigenvalue weighted by atomic mass is 9.83. The molecule has 106 valence electrons. The molecule has 0 radical (unpaired) electrons. The van der Waals surface area contributed by atoms with Gasteiger partial charge in [-0.1, -0.05) is 49.8 Å². The Labute approximate surface area is 122 Å².